The number of pyridine rings is 1. The van der Waals surface area contributed by atoms with E-state index in [1.54, 1.807) is 24.2 Å². The van der Waals surface area contributed by atoms with Gasteiger partial charge < -0.3 is 4.52 Å². The first kappa shape index (κ1) is 17.1. The lowest BCUT2D eigenvalue weighted by atomic mass is 9.96. The van der Waals surface area contributed by atoms with E-state index in [0.717, 1.165) is 29.3 Å². The highest BCUT2D eigenvalue weighted by Gasteiger charge is 2.20. The molecule has 1 saturated carbocycles. The van der Waals surface area contributed by atoms with Crippen molar-refractivity contribution in [1.29, 1.82) is 0 Å². The van der Waals surface area contributed by atoms with Crippen molar-refractivity contribution in [3.63, 3.8) is 0 Å². The Morgan fingerprint density at radius 2 is 2.15 bits per heavy atom. The van der Waals surface area contributed by atoms with Gasteiger partial charge in [-0.2, -0.15) is 4.98 Å². The molecule has 0 N–H and O–H groups in total. The molecular formula is C17H21N7OS. The maximum absolute atomic E-state index is 5.33. The topological polar surface area (TPSA) is 95.4 Å². The zero-order valence-corrected chi connectivity index (χ0v) is 15.3. The molecule has 1 aliphatic rings. The molecule has 0 radical (unpaired) electrons. The third kappa shape index (κ3) is 4.09. The number of rotatable bonds is 7. The van der Waals surface area contributed by atoms with Crippen molar-refractivity contribution < 1.29 is 4.52 Å². The van der Waals surface area contributed by atoms with Crippen molar-refractivity contribution in [1.82, 2.24) is 35.3 Å². The van der Waals surface area contributed by atoms with E-state index in [0.29, 0.717) is 17.8 Å². The van der Waals surface area contributed by atoms with E-state index < -0.39 is 0 Å². The van der Waals surface area contributed by atoms with Gasteiger partial charge >= 0.3 is 0 Å². The number of thioether (sulfide) groups is 1. The van der Waals surface area contributed by atoms with Crippen LogP contribution < -0.4 is 0 Å². The number of nitrogens with zero attached hydrogens (tertiary/aromatic N) is 7. The van der Waals surface area contributed by atoms with Crippen molar-refractivity contribution in [3.8, 4) is 11.4 Å². The molecule has 0 amide bonds. The number of hydrogen-bond acceptors (Lipinski definition) is 8. The molecule has 0 aromatic carbocycles. The molecule has 3 heterocycles. The molecule has 0 unspecified atom stereocenters. The number of aryl methyl sites for hydroxylation is 1. The van der Waals surface area contributed by atoms with Gasteiger partial charge in [0.15, 0.2) is 0 Å². The predicted molar refractivity (Wildman–Crippen MR) is 96.5 cm³/mol. The van der Waals surface area contributed by atoms with Crippen LogP contribution in [0, 0.1) is 0 Å². The van der Waals surface area contributed by atoms with Gasteiger partial charge in [0.25, 0.3) is 0 Å². The second-order valence-electron chi connectivity index (χ2n) is 6.40. The smallest absolute Gasteiger partial charge is 0.226 e. The molecule has 0 aliphatic heterocycles. The van der Waals surface area contributed by atoms with E-state index >= 15 is 0 Å². The van der Waals surface area contributed by atoms with Gasteiger partial charge in [0, 0.05) is 30.1 Å². The lowest BCUT2D eigenvalue weighted by Crippen LogP contribution is -2.15. The van der Waals surface area contributed by atoms with Crippen LogP contribution in [0.2, 0.25) is 0 Å². The van der Waals surface area contributed by atoms with Gasteiger partial charge in [0.1, 0.15) is 0 Å². The molecule has 3 aromatic heterocycles. The van der Waals surface area contributed by atoms with Gasteiger partial charge in [-0.25, -0.2) is 4.68 Å². The van der Waals surface area contributed by atoms with Crippen LogP contribution in [0.5, 0.6) is 0 Å². The van der Waals surface area contributed by atoms with Crippen molar-refractivity contribution >= 4 is 11.8 Å². The lowest BCUT2D eigenvalue weighted by Gasteiger charge is -2.21. The standard InChI is InChI=1S/C17H21N7OS/c1-2-7-14(8-3-1)24-17(20-22-23-24)26-11-5-9-15-19-16(21-25-15)13-6-4-10-18-12-13/h4,6,10,12,14H,1-3,5,7-9,11H2. The summed E-state index contributed by atoms with van der Waals surface area (Å²) >= 11 is 1.70. The summed E-state index contributed by atoms with van der Waals surface area (Å²) in [6, 6.07) is 4.24. The van der Waals surface area contributed by atoms with E-state index in [4.69, 9.17) is 4.52 Å². The van der Waals surface area contributed by atoms with Crippen LogP contribution in [-0.4, -0.2) is 41.1 Å². The van der Waals surface area contributed by atoms with E-state index in [-0.39, 0.29) is 0 Å². The normalized spacial score (nSPS) is 15.4. The van der Waals surface area contributed by atoms with E-state index in [9.17, 15) is 0 Å². The maximum Gasteiger partial charge on any atom is 0.226 e. The summed E-state index contributed by atoms with van der Waals surface area (Å²) in [5, 5.41) is 17.2. The molecule has 9 heteroatoms. The Labute approximate surface area is 155 Å². The molecule has 8 nitrogen and oxygen atoms in total. The highest BCUT2D eigenvalue weighted by atomic mass is 32.2. The zero-order chi connectivity index (χ0) is 17.6. The molecular weight excluding hydrogens is 350 g/mol. The van der Waals surface area contributed by atoms with E-state index in [1.807, 2.05) is 16.8 Å². The SMILES string of the molecule is c1cncc(-c2noc(CCCSc3nnnn3C3CCCCC3)n2)c1. The molecule has 0 bridgehead atoms. The van der Waals surface area contributed by atoms with Crippen LogP contribution >= 0.6 is 11.8 Å². The fraction of sp³-hybridized carbons (Fsp3) is 0.529. The Morgan fingerprint density at radius 1 is 1.23 bits per heavy atom. The summed E-state index contributed by atoms with van der Waals surface area (Å²) in [5.41, 5.74) is 0.864. The highest BCUT2D eigenvalue weighted by molar-refractivity contribution is 7.99. The Kier molecular flexibility index (Phi) is 5.53. The van der Waals surface area contributed by atoms with Crippen LogP contribution in [0.1, 0.15) is 50.5 Å². The molecule has 1 aliphatic carbocycles. The fourth-order valence-corrected chi connectivity index (χ4v) is 4.07. The molecule has 3 aromatic rings. The average Bonchev–Trinajstić information content (AvgIpc) is 3.36. The Hall–Kier alpha value is -2.29. The highest BCUT2D eigenvalue weighted by Crippen LogP contribution is 2.30. The van der Waals surface area contributed by atoms with Gasteiger partial charge in [-0.3, -0.25) is 4.98 Å². The third-order valence-electron chi connectivity index (χ3n) is 4.54. The van der Waals surface area contributed by atoms with Crippen molar-refractivity contribution in [2.24, 2.45) is 0 Å². The Morgan fingerprint density at radius 3 is 3.00 bits per heavy atom. The number of tetrazole rings is 1. The quantitative estimate of drug-likeness (QED) is 0.461. The zero-order valence-electron chi connectivity index (χ0n) is 14.5. The minimum atomic E-state index is 0.458. The van der Waals surface area contributed by atoms with Gasteiger partial charge in [-0.05, 0) is 41.8 Å². The molecule has 1 fully saturated rings. The minimum Gasteiger partial charge on any atom is -0.339 e. The van der Waals surface area contributed by atoms with Crippen molar-refractivity contribution in [2.45, 2.75) is 56.1 Å². The van der Waals surface area contributed by atoms with Crippen LogP contribution in [0.3, 0.4) is 0 Å². The number of hydrogen-bond donors (Lipinski definition) is 0. The van der Waals surface area contributed by atoms with Gasteiger partial charge in [0.05, 0.1) is 6.04 Å². The third-order valence-corrected chi connectivity index (χ3v) is 5.56. The molecule has 0 spiro atoms. The summed E-state index contributed by atoms with van der Waals surface area (Å²) in [6.07, 6.45) is 11.3. The predicted octanol–water partition coefficient (Wildman–Crippen LogP) is 3.35. The first-order chi connectivity index (χ1) is 12.9. The Bertz CT molecular complexity index is 813. The van der Waals surface area contributed by atoms with Crippen LogP contribution in [-0.2, 0) is 6.42 Å². The second-order valence-corrected chi connectivity index (χ2v) is 7.47. The summed E-state index contributed by atoms with van der Waals surface area (Å²) in [6.45, 7) is 0. The summed E-state index contributed by atoms with van der Waals surface area (Å²) < 4.78 is 7.34. The summed E-state index contributed by atoms with van der Waals surface area (Å²) in [4.78, 5) is 8.51. The summed E-state index contributed by atoms with van der Waals surface area (Å²) in [7, 11) is 0. The molecule has 4 rings (SSSR count). The largest absolute Gasteiger partial charge is 0.339 e. The van der Waals surface area contributed by atoms with Crippen molar-refractivity contribution in [2.75, 3.05) is 5.75 Å². The average molecular weight is 371 g/mol. The molecule has 0 saturated heterocycles. The first-order valence-electron chi connectivity index (χ1n) is 9.04. The number of aromatic nitrogens is 7. The molecule has 0 atom stereocenters. The fourth-order valence-electron chi connectivity index (χ4n) is 3.19. The van der Waals surface area contributed by atoms with Crippen LogP contribution in [0.4, 0.5) is 0 Å². The van der Waals surface area contributed by atoms with Crippen LogP contribution in [0.15, 0.2) is 34.2 Å². The molecule has 136 valence electrons. The second kappa shape index (κ2) is 8.39. The van der Waals surface area contributed by atoms with E-state index in [1.165, 1.54) is 32.1 Å². The summed E-state index contributed by atoms with van der Waals surface area (Å²) in [5.74, 6) is 2.15. The minimum absolute atomic E-state index is 0.458. The van der Waals surface area contributed by atoms with Crippen molar-refractivity contribution in [3.05, 3.63) is 30.4 Å². The van der Waals surface area contributed by atoms with Gasteiger partial charge in [0.2, 0.25) is 16.9 Å². The van der Waals surface area contributed by atoms with Gasteiger partial charge in [-0.1, -0.05) is 36.2 Å². The van der Waals surface area contributed by atoms with E-state index in [2.05, 4.69) is 30.7 Å². The lowest BCUT2D eigenvalue weighted by molar-refractivity contribution is 0.307. The first-order valence-corrected chi connectivity index (χ1v) is 10.0. The maximum atomic E-state index is 5.33. The Balaban J connectivity index is 1.27. The monoisotopic (exact) mass is 371 g/mol. The molecule has 26 heavy (non-hydrogen) atoms. The van der Waals surface area contributed by atoms with Gasteiger partial charge in [-0.15, -0.1) is 5.10 Å². The van der Waals surface area contributed by atoms with Crippen LogP contribution in [0.25, 0.3) is 11.4 Å².